The van der Waals surface area contributed by atoms with Gasteiger partial charge >= 0.3 is 0 Å². The molecule has 0 heterocycles. The van der Waals surface area contributed by atoms with Crippen LogP contribution in [0.5, 0.6) is 0 Å². The van der Waals surface area contributed by atoms with E-state index in [0.717, 1.165) is 5.70 Å². The normalized spacial score (nSPS) is 11.4. The maximum Gasteiger partial charge on any atom is 0.222 e. The van der Waals surface area contributed by atoms with E-state index in [2.05, 4.69) is 57.5 Å². The van der Waals surface area contributed by atoms with Crippen LogP contribution in [0.3, 0.4) is 0 Å². The molecule has 0 aliphatic rings. The monoisotopic (exact) mass is 1890 g/mol. The summed E-state index contributed by atoms with van der Waals surface area (Å²) in [6, 6.07) is 0. The molecule has 0 rings (SSSR count). The number of amides is 2. The number of ether oxygens (including phenoxy) is 33. The molecule has 2 amide bonds. The second-order valence-corrected chi connectivity index (χ2v) is 26.4. The van der Waals surface area contributed by atoms with Gasteiger partial charge in [-0.25, -0.2) is 0 Å². The fraction of sp³-hybridized carbons (Fsp3) is 0.951. The zero-order valence-corrected chi connectivity index (χ0v) is 77.6. The van der Waals surface area contributed by atoms with Crippen molar-refractivity contribution in [2.45, 2.75) is 19.3 Å². The molecule has 0 saturated carbocycles. The van der Waals surface area contributed by atoms with Crippen molar-refractivity contribution in [3.05, 3.63) is 43.6 Å². The van der Waals surface area contributed by atoms with E-state index in [0.29, 0.717) is 488 Å². The molecular formula is C82H161N13O35. The zero-order valence-electron chi connectivity index (χ0n) is 77.6. The Balaban J connectivity index is 4.20. The lowest BCUT2D eigenvalue weighted by Crippen LogP contribution is -2.35. The predicted molar refractivity (Wildman–Crippen MR) is 473 cm³/mol. The fourth-order valence-corrected chi connectivity index (χ4v) is 9.53. The Bertz CT molecular complexity index is 2200. The lowest BCUT2D eigenvalue weighted by atomic mass is 10.3. The summed E-state index contributed by atoms with van der Waals surface area (Å²) < 4.78 is 183. The van der Waals surface area contributed by atoms with Gasteiger partial charge in [-0.15, -0.1) is 0 Å². The number of nitrogens with zero attached hydrogens (tertiary/aromatic N) is 10. The maximum atomic E-state index is 12.6. The number of rotatable bonds is 118. The lowest BCUT2D eigenvalue weighted by Gasteiger charge is -2.22. The molecule has 0 aromatic carbocycles. The van der Waals surface area contributed by atoms with Crippen molar-refractivity contribution in [2.24, 2.45) is 15.3 Å². The largest absolute Gasteiger partial charge is 0.386 e. The molecule has 0 fully saturated rings. The van der Waals surface area contributed by atoms with Gasteiger partial charge in [0.1, 0.15) is 0 Å². The van der Waals surface area contributed by atoms with Crippen LogP contribution in [0, 0.1) is 0 Å². The average molecular weight is 1890 g/mol. The first kappa shape index (κ1) is 125. The fourth-order valence-electron chi connectivity index (χ4n) is 9.53. The molecule has 0 saturated heterocycles. The Morgan fingerprint density at radius 1 is 0.192 bits per heavy atom. The molecule has 0 unspecified atom stereocenters. The van der Waals surface area contributed by atoms with Gasteiger partial charge in [-0.3, -0.25) is 14.5 Å². The van der Waals surface area contributed by atoms with Gasteiger partial charge in [0.05, 0.1) is 436 Å². The van der Waals surface area contributed by atoms with Gasteiger partial charge in [-0.2, -0.15) is 0 Å². The van der Waals surface area contributed by atoms with Crippen molar-refractivity contribution in [3.63, 3.8) is 0 Å². The first-order chi connectivity index (χ1) is 64.5. The van der Waals surface area contributed by atoms with Gasteiger partial charge in [0.15, 0.2) is 0 Å². The SMILES string of the molecule is C=C(CCOCCN(CCOCCC(=O)NCCOCCOCCOCCOCCOCCOCCOCCOCCOCCOCCN=[N+]=[N-])CCOCCC(=O)NCCOCCOCCOCCOCCOCCOCCOCCOCCOCCOCCN=[N+]=[N-])NCCOCCOCCOCCOCCOCCOCCOCCOCCOCCOCCN=[N+]=[N-]. The topological polar surface area (TPSA) is 524 Å². The number of carbonyl (C=O) groups excluding carboxylic acids is 2. The van der Waals surface area contributed by atoms with Crippen molar-refractivity contribution >= 4 is 11.8 Å². The van der Waals surface area contributed by atoms with Crippen molar-refractivity contribution in [1.82, 2.24) is 20.9 Å². The van der Waals surface area contributed by atoms with Gasteiger partial charge in [-0.1, -0.05) is 21.9 Å². The summed E-state index contributed by atoms with van der Waals surface area (Å²) in [6.45, 7) is 36.7. The van der Waals surface area contributed by atoms with Crippen molar-refractivity contribution in [3.8, 4) is 0 Å². The van der Waals surface area contributed by atoms with E-state index in [1.807, 2.05) is 0 Å². The van der Waals surface area contributed by atoms with E-state index >= 15 is 0 Å². The highest BCUT2D eigenvalue weighted by molar-refractivity contribution is 5.76. The van der Waals surface area contributed by atoms with Crippen molar-refractivity contribution in [1.29, 1.82) is 0 Å². The Morgan fingerprint density at radius 3 is 0.500 bits per heavy atom. The minimum Gasteiger partial charge on any atom is -0.386 e. The summed E-state index contributed by atoms with van der Waals surface area (Å²) >= 11 is 0. The molecule has 0 aromatic rings. The molecule has 0 aliphatic carbocycles. The number of hydrogen-bond donors (Lipinski definition) is 3. The summed E-state index contributed by atoms with van der Waals surface area (Å²) in [5.74, 6) is -0.283. The van der Waals surface area contributed by atoms with Crippen molar-refractivity contribution < 1.29 is 166 Å². The number of azide groups is 3. The van der Waals surface area contributed by atoms with E-state index in [9.17, 15) is 9.59 Å². The number of nitrogens with one attached hydrogen (secondary N) is 3. The standard InChI is InChI=1S/C82H161N13O35/c1-80(86-5-17-101-26-32-107-38-44-113-50-56-119-62-68-125-74-77-128-71-65-122-59-53-116-47-41-110-35-29-104-20-8-89-92-83)2-14-98-23-11-95(12-24-99-15-3-81(96)87-6-18-102-27-33-108-39-45-114-51-57-120-63-69-126-75-78-129-72-66-123-60-54-117-48-42-111-36-30-105-21-9-90-93-84)13-25-100-16-4-82(97)88-7-19-103-28-34-109-40-46-115-52-58-121-64-70-127-76-79-130-73-67-124-61-55-118-49-43-112-37-31-106-22-10-91-94-85/h86H,1-79H2,(H,87,96)(H,88,97). The number of hydrogen-bond acceptors (Lipinski definition) is 40. The summed E-state index contributed by atoms with van der Waals surface area (Å²) in [4.78, 5) is 35.2. The molecule has 764 valence electrons. The minimum atomic E-state index is -0.142. The van der Waals surface area contributed by atoms with E-state index in [4.69, 9.17) is 173 Å². The highest BCUT2D eigenvalue weighted by atomic mass is 16.6. The molecule has 0 aliphatic heterocycles. The third-order valence-corrected chi connectivity index (χ3v) is 16.2. The predicted octanol–water partition coefficient (Wildman–Crippen LogP) is 2.27. The molecular weight excluding hydrogens is 1730 g/mol. The summed E-state index contributed by atoms with van der Waals surface area (Å²) in [5, 5.41) is 19.2. The van der Waals surface area contributed by atoms with Crippen LogP contribution < -0.4 is 16.0 Å². The Hall–Kier alpha value is -4.95. The summed E-state index contributed by atoms with van der Waals surface area (Å²) in [6.07, 6.45) is 1.01. The second kappa shape index (κ2) is 116. The van der Waals surface area contributed by atoms with Gasteiger partial charge in [0.25, 0.3) is 0 Å². The van der Waals surface area contributed by atoms with Gasteiger partial charge in [0, 0.05) is 98.6 Å². The molecule has 0 spiro atoms. The van der Waals surface area contributed by atoms with Crippen LogP contribution in [0.4, 0.5) is 0 Å². The smallest absolute Gasteiger partial charge is 0.222 e. The number of carbonyl (C=O) groups is 2. The zero-order chi connectivity index (χ0) is 93.2. The molecule has 0 atom stereocenters. The van der Waals surface area contributed by atoms with Gasteiger partial charge < -0.3 is 172 Å². The van der Waals surface area contributed by atoms with Gasteiger partial charge in [-0.05, 0) is 16.6 Å². The van der Waals surface area contributed by atoms with Crippen LogP contribution in [0.15, 0.2) is 27.6 Å². The third kappa shape index (κ3) is 114. The minimum absolute atomic E-state index is 0.142. The van der Waals surface area contributed by atoms with Crippen LogP contribution in [-0.2, 0) is 166 Å². The summed E-state index contributed by atoms with van der Waals surface area (Å²) in [5.41, 5.74) is 25.5. The molecule has 48 nitrogen and oxygen atoms in total. The van der Waals surface area contributed by atoms with Crippen LogP contribution in [0.25, 0.3) is 31.3 Å². The van der Waals surface area contributed by atoms with E-state index < -0.39 is 0 Å². The highest BCUT2D eigenvalue weighted by Crippen LogP contribution is 2.00. The Kier molecular flexibility index (Phi) is 112. The Morgan fingerprint density at radius 2 is 0.331 bits per heavy atom. The average Bonchev–Trinajstić information content (AvgIpc) is 0.982. The molecule has 130 heavy (non-hydrogen) atoms. The Labute approximate surface area is 768 Å². The van der Waals surface area contributed by atoms with E-state index in [-0.39, 0.29) is 37.9 Å². The lowest BCUT2D eigenvalue weighted by molar-refractivity contribution is -0.123. The van der Waals surface area contributed by atoms with Crippen molar-refractivity contribution in [2.75, 3.05) is 495 Å². The second-order valence-electron chi connectivity index (χ2n) is 26.4. The van der Waals surface area contributed by atoms with E-state index in [1.165, 1.54) is 0 Å². The molecule has 0 aromatic heterocycles. The molecule has 48 heteroatoms. The van der Waals surface area contributed by atoms with Crippen LogP contribution in [-0.4, -0.2) is 512 Å². The third-order valence-electron chi connectivity index (χ3n) is 16.2. The first-order valence-corrected chi connectivity index (χ1v) is 45.3. The first-order valence-electron chi connectivity index (χ1n) is 45.3. The van der Waals surface area contributed by atoms with Crippen LogP contribution in [0.1, 0.15) is 19.3 Å². The van der Waals surface area contributed by atoms with Gasteiger partial charge in [0.2, 0.25) is 11.8 Å². The highest BCUT2D eigenvalue weighted by Gasteiger charge is 2.11. The molecule has 0 radical (unpaired) electrons. The van der Waals surface area contributed by atoms with E-state index in [1.54, 1.807) is 0 Å². The molecule has 0 bridgehead atoms. The molecule has 3 N–H and O–H groups in total. The maximum absolute atomic E-state index is 12.6. The van der Waals surface area contributed by atoms with Crippen LogP contribution >= 0.6 is 0 Å². The van der Waals surface area contributed by atoms with Crippen LogP contribution in [0.2, 0.25) is 0 Å². The summed E-state index contributed by atoms with van der Waals surface area (Å²) in [7, 11) is 0. The quantitative estimate of drug-likeness (QED) is 0.0340.